The van der Waals surface area contributed by atoms with Gasteiger partial charge in [-0.3, -0.25) is 14.5 Å². The summed E-state index contributed by atoms with van der Waals surface area (Å²) in [4.78, 5) is 31.8. The quantitative estimate of drug-likeness (QED) is 0.357. The molecule has 0 unspecified atom stereocenters. The summed E-state index contributed by atoms with van der Waals surface area (Å²) in [5.41, 5.74) is 1.68. The summed E-state index contributed by atoms with van der Waals surface area (Å²) in [7, 11) is 3.03. The van der Waals surface area contributed by atoms with Crippen LogP contribution in [0.4, 0.5) is 24.5 Å². The topological polar surface area (TPSA) is 89.5 Å². The Morgan fingerprint density at radius 1 is 1.00 bits per heavy atom. The number of aliphatic imine (C=N–C) groups is 1. The van der Waals surface area contributed by atoms with E-state index in [4.69, 9.17) is 9.47 Å². The highest BCUT2D eigenvalue weighted by molar-refractivity contribution is 8.14. The summed E-state index contributed by atoms with van der Waals surface area (Å²) in [6, 6.07) is 18.8. The predicted molar refractivity (Wildman–Crippen MR) is 143 cm³/mol. The van der Waals surface area contributed by atoms with Crippen LogP contribution in [0.1, 0.15) is 5.56 Å². The monoisotopic (exact) mass is 557 g/mol. The van der Waals surface area contributed by atoms with Crippen molar-refractivity contribution in [3.8, 4) is 17.2 Å². The van der Waals surface area contributed by atoms with Gasteiger partial charge in [0.05, 0.1) is 25.7 Å². The van der Waals surface area contributed by atoms with Crippen molar-refractivity contribution < 1.29 is 37.0 Å². The van der Waals surface area contributed by atoms with E-state index >= 15 is 0 Å². The molecule has 0 aromatic heterocycles. The maximum Gasteiger partial charge on any atom is 0.573 e. The molecule has 1 aliphatic heterocycles. The van der Waals surface area contributed by atoms with Crippen LogP contribution in [0.25, 0.3) is 6.08 Å². The SMILES string of the molecule is COc1ccc(/C=C2/N=C(SCC(=O)Nc3ccc(OC(F)(F)F)cc3)N(c3ccccc3)C2=O)cc1OC. The molecule has 0 spiro atoms. The van der Waals surface area contributed by atoms with E-state index in [0.717, 1.165) is 23.9 Å². The fourth-order valence-corrected chi connectivity index (χ4v) is 4.38. The first-order valence-corrected chi connectivity index (χ1v) is 12.4. The molecule has 0 bridgehead atoms. The van der Waals surface area contributed by atoms with Gasteiger partial charge in [-0.05, 0) is 60.2 Å². The molecule has 3 aromatic carbocycles. The minimum Gasteiger partial charge on any atom is -0.493 e. The number of halogens is 3. The molecule has 12 heteroatoms. The van der Waals surface area contributed by atoms with Crippen LogP contribution in [0.2, 0.25) is 0 Å². The average Bonchev–Trinajstić information content (AvgIpc) is 3.22. The number of ether oxygens (including phenoxy) is 3. The van der Waals surface area contributed by atoms with E-state index in [1.54, 1.807) is 48.5 Å². The van der Waals surface area contributed by atoms with Crippen LogP contribution >= 0.6 is 11.8 Å². The van der Waals surface area contributed by atoms with E-state index in [2.05, 4.69) is 15.0 Å². The molecule has 0 saturated heterocycles. The molecule has 202 valence electrons. The van der Waals surface area contributed by atoms with Gasteiger partial charge in [0.25, 0.3) is 5.91 Å². The van der Waals surface area contributed by atoms with Crippen molar-refractivity contribution in [2.24, 2.45) is 4.99 Å². The van der Waals surface area contributed by atoms with E-state index in [0.29, 0.717) is 27.9 Å². The van der Waals surface area contributed by atoms with Crippen LogP contribution < -0.4 is 24.4 Å². The Kier molecular flexibility index (Phi) is 8.45. The normalized spacial score (nSPS) is 14.3. The lowest BCUT2D eigenvalue weighted by molar-refractivity contribution is -0.274. The van der Waals surface area contributed by atoms with E-state index in [1.165, 1.54) is 31.3 Å². The molecule has 1 aliphatic rings. The number of nitrogens with zero attached hydrogens (tertiary/aromatic N) is 2. The Morgan fingerprint density at radius 3 is 2.33 bits per heavy atom. The van der Waals surface area contributed by atoms with Crippen molar-refractivity contribution in [3.63, 3.8) is 0 Å². The molecular formula is C27H22F3N3O5S. The Hall–Kier alpha value is -4.45. The largest absolute Gasteiger partial charge is 0.573 e. The third-order valence-corrected chi connectivity index (χ3v) is 6.20. The smallest absolute Gasteiger partial charge is 0.493 e. The van der Waals surface area contributed by atoms with Gasteiger partial charge >= 0.3 is 6.36 Å². The van der Waals surface area contributed by atoms with Gasteiger partial charge in [0, 0.05) is 5.69 Å². The highest BCUT2D eigenvalue weighted by atomic mass is 32.2. The van der Waals surface area contributed by atoms with Gasteiger partial charge in [-0.25, -0.2) is 4.99 Å². The molecule has 0 saturated carbocycles. The number of hydrogen-bond acceptors (Lipinski definition) is 7. The van der Waals surface area contributed by atoms with E-state index in [9.17, 15) is 22.8 Å². The van der Waals surface area contributed by atoms with E-state index in [1.807, 2.05) is 6.07 Å². The van der Waals surface area contributed by atoms with E-state index < -0.39 is 18.0 Å². The first kappa shape index (κ1) is 27.6. The number of amidine groups is 1. The first-order chi connectivity index (χ1) is 18.7. The lowest BCUT2D eigenvalue weighted by Crippen LogP contribution is -2.31. The molecule has 39 heavy (non-hydrogen) atoms. The van der Waals surface area contributed by atoms with Crippen LogP contribution in [0, 0.1) is 0 Å². The zero-order valence-corrected chi connectivity index (χ0v) is 21.5. The number of carbonyl (C=O) groups excluding carboxylic acids is 2. The number of alkyl halides is 3. The molecular weight excluding hydrogens is 535 g/mol. The molecule has 0 aliphatic carbocycles. The van der Waals surface area contributed by atoms with Gasteiger partial charge in [0.15, 0.2) is 16.7 Å². The van der Waals surface area contributed by atoms with E-state index in [-0.39, 0.29) is 23.0 Å². The molecule has 1 N–H and O–H groups in total. The maximum absolute atomic E-state index is 13.3. The van der Waals surface area contributed by atoms with Crippen LogP contribution in [0.3, 0.4) is 0 Å². The number of amides is 2. The summed E-state index contributed by atoms with van der Waals surface area (Å²) < 4.78 is 51.5. The molecule has 0 atom stereocenters. The standard InChI is InChI=1S/C27H22F3N3O5S/c1-36-22-13-8-17(15-23(22)37-2)14-21-25(35)33(19-6-4-3-5-7-19)26(32-21)39-16-24(34)31-18-9-11-20(12-10-18)38-27(28,29)30/h3-15H,16H2,1-2H3,(H,31,34)/b21-14+. The predicted octanol–water partition coefficient (Wildman–Crippen LogP) is 5.72. The minimum atomic E-state index is -4.81. The van der Waals surface area contributed by atoms with Gasteiger partial charge in [-0.15, -0.1) is 13.2 Å². The van der Waals surface area contributed by atoms with Gasteiger partial charge in [0.2, 0.25) is 5.91 Å². The number of hydrogen-bond donors (Lipinski definition) is 1. The van der Waals surface area contributed by atoms with Gasteiger partial charge in [-0.2, -0.15) is 0 Å². The van der Waals surface area contributed by atoms with Crippen molar-refractivity contribution in [2.45, 2.75) is 6.36 Å². The summed E-state index contributed by atoms with van der Waals surface area (Å²) in [6.45, 7) is 0. The number of nitrogens with one attached hydrogen (secondary N) is 1. The summed E-state index contributed by atoms with van der Waals surface area (Å²) in [6.07, 6.45) is -3.20. The highest BCUT2D eigenvalue weighted by Crippen LogP contribution is 2.32. The lowest BCUT2D eigenvalue weighted by Gasteiger charge is -2.17. The fraction of sp³-hybridized carbons (Fsp3) is 0.148. The zero-order valence-electron chi connectivity index (χ0n) is 20.7. The third kappa shape index (κ3) is 7.11. The first-order valence-electron chi connectivity index (χ1n) is 11.4. The molecule has 0 radical (unpaired) electrons. The van der Waals surface area contributed by atoms with Gasteiger partial charge < -0.3 is 19.5 Å². The Bertz CT molecular complexity index is 1410. The Morgan fingerprint density at radius 2 is 1.69 bits per heavy atom. The maximum atomic E-state index is 13.3. The number of para-hydroxylation sites is 1. The average molecular weight is 558 g/mol. The van der Waals surface area contributed by atoms with Gasteiger partial charge in [0.1, 0.15) is 11.4 Å². The van der Waals surface area contributed by atoms with Crippen molar-refractivity contribution >= 4 is 46.2 Å². The summed E-state index contributed by atoms with van der Waals surface area (Å²) in [5, 5.41) is 2.89. The number of methoxy groups -OCH3 is 2. The minimum absolute atomic E-state index is 0.111. The molecule has 1 heterocycles. The summed E-state index contributed by atoms with van der Waals surface area (Å²) >= 11 is 1.04. The molecule has 2 amide bonds. The summed E-state index contributed by atoms with van der Waals surface area (Å²) in [5.74, 6) is -0.299. The van der Waals surface area contributed by atoms with Crippen molar-refractivity contribution in [1.29, 1.82) is 0 Å². The highest BCUT2D eigenvalue weighted by Gasteiger charge is 2.33. The number of rotatable bonds is 8. The lowest BCUT2D eigenvalue weighted by atomic mass is 10.1. The second-order valence-corrected chi connectivity index (χ2v) is 8.87. The number of carbonyl (C=O) groups is 2. The van der Waals surface area contributed by atoms with Crippen molar-refractivity contribution in [2.75, 3.05) is 30.2 Å². The van der Waals surface area contributed by atoms with Gasteiger partial charge in [-0.1, -0.05) is 36.0 Å². The fourth-order valence-electron chi connectivity index (χ4n) is 3.57. The molecule has 0 fully saturated rings. The van der Waals surface area contributed by atoms with Crippen LogP contribution in [0.5, 0.6) is 17.2 Å². The van der Waals surface area contributed by atoms with Crippen LogP contribution in [-0.4, -0.2) is 43.3 Å². The molecule has 8 nitrogen and oxygen atoms in total. The molecule has 4 rings (SSSR count). The second-order valence-electron chi connectivity index (χ2n) is 7.92. The number of thioether (sulfide) groups is 1. The van der Waals surface area contributed by atoms with Crippen LogP contribution in [0.15, 0.2) is 83.5 Å². The number of anilines is 2. The zero-order chi connectivity index (χ0) is 28.0. The Labute approximate surface area is 226 Å². The molecule has 3 aromatic rings. The Balaban J connectivity index is 1.51. The third-order valence-electron chi connectivity index (χ3n) is 5.26. The van der Waals surface area contributed by atoms with Crippen molar-refractivity contribution in [3.05, 3.63) is 84.1 Å². The van der Waals surface area contributed by atoms with Crippen molar-refractivity contribution in [1.82, 2.24) is 0 Å². The van der Waals surface area contributed by atoms with Crippen LogP contribution in [-0.2, 0) is 9.59 Å². The second kappa shape index (κ2) is 11.9. The number of benzene rings is 3.